The van der Waals surface area contributed by atoms with E-state index in [2.05, 4.69) is 27.6 Å². The van der Waals surface area contributed by atoms with E-state index >= 15 is 0 Å². The lowest BCUT2D eigenvalue weighted by molar-refractivity contribution is 1.21. The molecule has 3 rings (SSSR count). The molecule has 0 unspecified atom stereocenters. The van der Waals surface area contributed by atoms with Crippen LogP contribution in [0.15, 0.2) is 90.3 Å². The van der Waals surface area contributed by atoms with Crippen molar-refractivity contribution in [3.63, 3.8) is 0 Å². The fraction of sp³-hybridized carbons (Fsp3) is 0.0526. The second-order valence-corrected chi connectivity index (χ2v) is 4.93. The number of pyridine rings is 1. The molecule has 0 atom stereocenters. The zero-order valence-corrected chi connectivity index (χ0v) is 12.2. The summed E-state index contributed by atoms with van der Waals surface area (Å²) < 4.78 is 0. The van der Waals surface area contributed by atoms with Gasteiger partial charge in [0.1, 0.15) is 0 Å². The van der Waals surface area contributed by atoms with E-state index in [0.29, 0.717) is 0 Å². The van der Waals surface area contributed by atoms with Crippen LogP contribution in [0.2, 0.25) is 0 Å². The molecule has 2 aromatic carbocycles. The van der Waals surface area contributed by atoms with Crippen molar-refractivity contribution in [3.05, 3.63) is 96.3 Å². The Balaban J connectivity index is 1.86. The molecule has 0 bridgehead atoms. The Morgan fingerprint density at radius 2 is 1.45 bits per heavy atom. The summed E-state index contributed by atoms with van der Waals surface area (Å²) in [6.07, 6.45) is 4.37. The van der Waals surface area contributed by atoms with Crippen molar-refractivity contribution in [2.75, 3.05) is 5.43 Å². The van der Waals surface area contributed by atoms with Crippen LogP contribution in [0.1, 0.15) is 11.1 Å². The Hall–Kier alpha value is -2.94. The van der Waals surface area contributed by atoms with Crippen LogP contribution in [-0.2, 0) is 6.42 Å². The second kappa shape index (κ2) is 7.18. The highest BCUT2D eigenvalue weighted by Crippen LogP contribution is 2.10. The first-order valence-corrected chi connectivity index (χ1v) is 7.24. The lowest BCUT2D eigenvalue weighted by atomic mass is 10.0. The summed E-state index contributed by atoms with van der Waals surface area (Å²) in [5, 5.41) is 4.61. The molecule has 0 spiro atoms. The molecule has 1 aromatic heterocycles. The first kappa shape index (κ1) is 14.0. The first-order chi connectivity index (χ1) is 10.9. The van der Waals surface area contributed by atoms with Gasteiger partial charge in [-0.2, -0.15) is 5.10 Å². The molecule has 0 fully saturated rings. The highest BCUT2D eigenvalue weighted by atomic mass is 15.3. The van der Waals surface area contributed by atoms with Gasteiger partial charge < -0.3 is 0 Å². The molecule has 108 valence electrons. The molecule has 3 heteroatoms. The van der Waals surface area contributed by atoms with Crippen LogP contribution in [0, 0.1) is 0 Å². The van der Waals surface area contributed by atoms with Gasteiger partial charge in [-0.3, -0.25) is 10.4 Å². The summed E-state index contributed by atoms with van der Waals surface area (Å²) in [5.74, 6) is 0. The minimum atomic E-state index is 0.756. The van der Waals surface area contributed by atoms with Crippen LogP contribution in [0.5, 0.6) is 0 Å². The van der Waals surface area contributed by atoms with Gasteiger partial charge in [0.15, 0.2) is 0 Å². The monoisotopic (exact) mass is 287 g/mol. The third-order valence-electron chi connectivity index (χ3n) is 3.32. The fourth-order valence-electron chi connectivity index (χ4n) is 2.18. The van der Waals surface area contributed by atoms with Gasteiger partial charge in [0.05, 0.1) is 11.4 Å². The molecular formula is C19H17N3. The van der Waals surface area contributed by atoms with E-state index in [0.717, 1.165) is 23.4 Å². The highest BCUT2D eigenvalue weighted by molar-refractivity contribution is 6.02. The number of aromatic nitrogens is 1. The SMILES string of the molecule is c1ccc(NN=C(Cc2ccncc2)c2ccccc2)cc1. The lowest BCUT2D eigenvalue weighted by Gasteiger charge is -2.08. The van der Waals surface area contributed by atoms with E-state index in [9.17, 15) is 0 Å². The number of hydrogen-bond donors (Lipinski definition) is 1. The van der Waals surface area contributed by atoms with Gasteiger partial charge in [-0.25, -0.2) is 0 Å². The summed E-state index contributed by atoms with van der Waals surface area (Å²) >= 11 is 0. The summed E-state index contributed by atoms with van der Waals surface area (Å²) in [5.41, 5.74) is 7.41. The van der Waals surface area contributed by atoms with Crippen molar-refractivity contribution >= 4 is 11.4 Å². The van der Waals surface area contributed by atoms with Crippen LogP contribution in [0.25, 0.3) is 0 Å². The van der Waals surface area contributed by atoms with Gasteiger partial charge in [-0.05, 0) is 35.4 Å². The Kier molecular flexibility index (Phi) is 4.57. The van der Waals surface area contributed by atoms with Gasteiger partial charge in [-0.1, -0.05) is 48.5 Å². The third-order valence-corrected chi connectivity index (χ3v) is 3.32. The largest absolute Gasteiger partial charge is 0.278 e. The van der Waals surface area contributed by atoms with E-state index in [4.69, 9.17) is 0 Å². The molecule has 3 nitrogen and oxygen atoms in total. The molecule has 1 N–H and O–H groups in total. The minimum absolute atomic E-state index is 0.756. The second-order valence-electron chi connectivity index (χ2n) is 4.93. The minimum Gasteiger partial charge on any atom is -0.278 e. The molecule has 0 radical (unpaired) electrons. The highest BCUT2D eigenvalue weighted by Gasteiger charge is 2.05. The molecular weight excluding hydrogens is 270 g/mol. The van der Waals surface area contributed by atoms with Crippen LogP contribution in [0.4, 0.5) is 5.69 Å². The van der Waals surface area contributed by atoms with Crippen molar-refractivity contribution in [2.45, 2.75) is 6.42 Å². The predicted molar refractivity (Wildman–Crippen MR) is 91.0 cm³/mol. The molecule has 0 aliphatic carbocycles. The average molecular weight is 287 g/mol. The maximum absolute atomic E-state index is 4.61. The van der Waals surface area contributed by atoms with Gasteiger partial charge in [0, 0.05) is 18.8 Å². The normalized spacial score (nSPS) is 11.2. The number of nitrogens with zero attached hydrogens (tertiary/aromatic N) is 2. The molecule has 22 heavy (non-hydrogen) atoms. The van der Waals surface area contributed by atoms with Gasteiger partial charge in [0.2, 0.25) is 0 Å². The molecule has 0 amide bonds. The van der Waals surface area contributed by atoms with Crippen LogP contribution < -0.4 is 5.43 Å². The van der Waals surface area contributed by atoms with Crippen molar-refractivity contribution in [1.82, 2.24) is 4.98 Å². The van der Waals surface area contributed by atoms with E-state index < -0.39 is 0 Å². The summed E-state index contributed by atoms with van der Waals surface area (Å²) in [7, 11) is 0. The topological polar surface area (TPSA) is 37.3 Å². The number of hydrazone groups is 1. The molecule has 0 aliphatic heterocycles. The molecule has 3 aromatic rings. The average Bonchev–Trinajstić information content (AvgIpc) is 2.61. The smallest absolute Gasteiger partial charge is 0.0723 e. The number of anilines is 1. The summed E-state index contributed by atoms with van der Waals surface area (Å²) in [4.78, 5) is 4.06. The molecule has 0 saturated carbocycles. The maximum Gasteiger partial charge on any atom is 0.0723 e. The fourth-order valence-corrected chi connectivity index (χ4v) is 2.18. The number of hydrogen-bond acceptors (Lipinski definition) is 3. The first-order valence-electron chi connectivity index (χ1n) is 7.24. The third kappa shape index (κ3) is 3.79. The molecule has 0 aliphatic rings. The number of para-hydroxylation sites is 1. The number of benzene rings is 2. The zero-order valence-electron chi connectivity index (χ0n) is 12.2. The maximum atomic E-state index is 4.61. The zero-order chi connectivity index (χ0) is 15.0. The van der Waals surface area contributed by atoms with Crippen molar-refractivity contribution < 1.29 is 0 Å². The van der Waals surface area contributed by atoms with Crippen molar-refractivity contribution in [2.24, 2.45) is 5.10 Å². The molecule has 0 saturated heterocycles. The summed E-state index contributed by atoms with van der Waals surface area (Å²) in [6, 6.07) is 24.2. The predicted octanol–water partition coefficient (Wildman–Crippen LogP) is 4.14. The number of nitrogens with one attached hydrogen (secondary N) is 1. The van der Waals surface area contributed by atoms with E-state index in [1.54, 1.807) is 0 Å². The van der Waals surface area contributed by atoms with Crippen molar-refractivity contribution in [3.8, 4) is 0 Å². The Morgan fingerprint density at radius 3 is 2.14 bits per heavy atom. The Bertz CT molecular complexity index is 722. The Labute approximate surface area is 130 Å². The Morgan fingerprint density at radius 1 is 0.818 bits per heavy atom. The molecule has 1 heterocycles. The van der Waals surface area contributed by atoms with Gasteiger partial charge in [-0.15, -0.1) is 0 Å². The standard InChI is InChI=1S/C19H17N3/c1-3-7-17(8-4-1)19(15-16-11-13-20-14-12-16)22-21-18-9-5-2-6-10-18/h1-14,21H,15H2. The van der Waals surface area contributed by atoms with Crippen LogP contribution in [0.3, 0.4) is 0 Å². The van der Waals surface area contributed by atoms with E-state index in [-0.39, 0.29) is 0 Å². The van der Waals surface area contributed by atoms with Crippen LogP contribution in [-0.4, -0.2) is 10.7 Å². The van der Waals surface area contributed by atoms with Crippen molar-refractivity contribution in [1.29, 1.82) is 0 Å². The summed E-state index contributed by atoms with van der Waals surface area (Å²) in [6.45, 7) is 0. The number of rotatable bonds is 5. The lowest BCUT2D eigenvalue weighted by Crippen LogP contribution is -2.08. The quantitative estimate of drug-likeness (QED) is 0.565. The van der Waals surface area contributed by atoms with E-state index in [1.807, 2.05) is 73.1 Å². The van der Waals surface area contributed by atoms with E-state index in [1.165, 1.54) is 5.56 Å². The van der Waals surface area contributed by atoms with Gasteiger partial charge >= 0.3 is 0 Å². The van der Waals surface area contributed by atoms with Gasteiger partial charge in [0.25, 0.3) is 0 Å². The van der Waals surface area contributed by atoms with Crippen LogP contribution >= 0.6 is 0 Å².